The maximum Gasteiger partial charge on any atom is 0.156 e. The number of benzene rings is 1. The molecule has 2 aromatic heterocycles. The van der Waals surface area contributed by atoms with Gasteiger partial charge >= 0.3 is 0 Å². The van der Waals surface area contributed by atoms with Gasteiger partial charge in [-0.05, 0) is 6.92 Å². The minimum atomic E-state index is 0.734. The summed E-state index contributed by atoms with van der Waals surface area (Å²) in [6, 6.07) is 8.23. The van der Waals surface area contributed by atoms with E-state index in [1.165, 1.54) is 0 Å². The number of aromatic nitrogens is 3. The van der Waals surface area contributed by atoms with E-state index in [2.05, 4.69) is 39.6 Å². The lowest BCUT2D eigenvalue weighted by atomic mass is 10.1. The van der Waals surface area contributed by atoms with E-state index < -0.39 is 0 Å². The van der Waals surface area contributed by atoms with Crippen molar-refractivity contribution in [2.24, 2.45) is 0 Å². The Bertz CT molecular complexity index is 679. The molecule has 0 atom stereocenters. The Morgan fingerprint density at radius 1 is 1.16 bits per heavy atom. The van der Waals surface area contributed by atoms with E-state index in [0.717, 1.165) is 40.3 Å². The van der Waals surface area contributed by atoms with Crippen molar-refractivity contribution in [3.05, 3.63) is 46.5 Å². The van der Waals surface area contributed by atoms with Gasteiger partial charge in [0, 0.05) is 35.3 Å². The number of thiazole rings is 1. The Labute approximate surface area is 115 Å². The van der Waals surface area contributed by atoms with Crippen LogP contribution in [0.1, 0.15) is 17.6 Å². The maximum atomic E-state index is 4.35. The number of rotatable bonds is 4. The first-order valence-electron chi connectivity index (χ1n) is 6.25. The summed E-state index contributed by atoms with van der Waals surface area (Å²) in [6.07, 6.45) is 2.56. The summed E-state index contributed by atoms with van der Waals surface area (Å²) in [5.41, 5.74) is 0.979. The molecule has 0 saturated carbocycles. The van der Waals surface area contributed by atoms with E-state index >= 15 is 0 Å². The molecule has 3 aromatic rings. The fourth-order valence-corrected chi connectivity index (χ4v) is 2.69. The van der Waals surface area contributed by atoms with Gasteiger partial charge in [0.2, 0.25) is 0 Å². The molecule has 5 heteroatoms. The van der Waals surface area contributed by atoms with Gasteiger partial charge in [0.1, 0.15) is 0 Å². The largest absolute Gasteiger partial charge is 0.368 e. The van der Waals surface area contributed by atoms with Crippen LogP contribution in [-0.4, -0.2) is 21.7 Å². The number of hydrogen-bond donors (Lipinski definition) is 1. The Hall–Kier alpha value is -2.01. The van der Waals surface area contributed by atoms with E-state index in [4.69, 9.17) is 0 Å². The molecular weight excluding hydrogens is 256 g/mol. The minimum absolute atomic E-state index is 0.734. The number of nitrogens with one attached hydrogen (secondary N) is 1. The Kier molecular flexibility index (Phi) is 3.37. The third-order valence-corrected chi connectivity index (χ3v) is 3.69. The first-order chi connectivity index (χ1) is 9.38. The van der Waals surface area contributed by atoms with E-state index in [1.807, 2.05) is 23.7 Å². The fourth-order valence-electron chi connectivity index (χ4n) is 2.07. The maximum absolute atomic E-state index is 4.35. The highest BCUT2D eigenvalue weighted by Crippen LogP contribution is 2.24. The molecular formula is C14H14N4S. The fraction of sp³-hybridized carbons (Fsp3) is 0.214. The van der Waals surface area contributed by atoms with Gasteiger partial charge in [-0.25, -0.2) is 4.98 Å². The molecule has 3 rings (SSSR count). The predicted molar refractivity (Wildman–Crippen MR) is 78.6 cm³/mol. The lowest BCUT2D eigenvalue weighted by molar-refractivity contribution is 0.947. The van der Waals surface area contributed by atoms with Crippen molar-refractivity contribution in [2.75, 3.05) is 11.9 Å². The molecule has 0 spiro atoms. The van der Waals surface area contributed by atoms with E-state index in [1.54, 1.807) is 11.3 Å². The third-order valence-electron chi connectivity index (χ3n) is 2.91. The highest BCUT2D eigenvalue weighted by Gasteiger charge is 2.09. The second kappa shape index (κ2) is 5.32. The van der Waals surface area contributed by atoms with Gasteiger partial charge in [0.15, 0.2) is 5.82 Å². The van der Waals surface area contributed by atoms with Crippen LogP contribution in [0.15, 0.2) is 35.8 Å². The van der Waals surface area contributed by atoms with Crippen LogP contribution < -0.4 is 5.32 Å². The van der Waals surface area contributed by atoms with Crippen LogP contribution >= 0.6 is 11.3 Å². The smallest absolute Gasteiger partial charge is 0.156 e. The molecule has 1 N–H and O–H groups in total. The topological polar surface area (TPSA) is 50.7 Å². The van der Waals surface area contributed by atoms with Crippen molar-refractivity contribution in [1.82, 2.24) is 15.2 Å². The predicted octanol–water partition coefficient (Wildman–Crippen LogP) is 3.11. The van der Waals surface area contributed by atoms with Crippen molar-refractivity contribution >= 4 is 27.9 Å². The summed E-state index contributed by atoms with van der Waals surface area (Å²) < 4.78 is 0. The van der Waals surface area contributed by atoms with E-state index in [-0.39, 0.29) is 0 Å². The molecule has 19 heavy (non-hydrogen) atoms. The van der Waals surface area contributed by atoms with Gasteiger partial charge < -0.3 is 5.32 Å². The molecule has 0 fully saturated rings. The minimum Gasteiger partial charge on any atom is -0.368 e. The standard InChI is InChI=1S/C14H14N4S/c1-2-15-14-11-6-4-3-5-10(11)12(17-18-14)9-13-16-7-8-19-13/h3-8H,2,9H2,1H3,(H,15,18). The average molecular weight is 270 g/mol. The van der Waals surface area contributed by atoms with E-state index in [9.17, 15) is 0 Å². The van der Waals surface area contributed by atoms with Crippen LogP contribution in [-0.2, 0) is 6.42 Å². The third kappa shape index (κ3) is 2.42. The molecule has 0 aliphatic rings. The van der Waals surface area contributed by atoms with Crippen molar-refractivity contribution in [3.63, 3.8) is 0 Å². The molecule has 4 nitrogen and oxygen atoms in total. The number of hydrogen-bond acceptors (Lipinski definition) is 5. The molecule has 2 heterocycles. The zero-order chi connectivity index (χ0) is 13.1. The van der Waals surface area contributed by atoms with Crippen LogP contribution in [0.5, 0.6) is 0 Å². The van der Waals surface area contributed by atoms with Crippen LogP contribution in [0.2, 0.25) is 0 Å². The van der Waals surface area contributed by atoms with Crippen LogP contribution in [0.25, 0.3) is 10.8 Å². The summed E-state index contributed by atoms with van der Waals surface area (Å²) in [5.74, 6) is 0.848. The molecule has 1 aromatic carbocycles. The monoisotopic (exact) mass is 270 g/mol. The van der Waals surface area contributed by atoms with Crippen LogP contribution in [0.3, 0.4) is 0 Å². The first kappa shape index (κ1) is 12.0. The lowest BCUT2D eigenvalue weighted by Crippen LogP contribution is -2.04. The summed E-state index contributed by atoms with van der Waals surface area (Å²) >= 11 is 1.65. The molecule has 0 aliphatic carbocycles. The van der Waals surface area contributed by atoms with Gasteiger partial charge in [-0.3, -0.25) is 0 Å². The Morgan fingerprint density at radius 2 is 2.00 bits per heavy atom. The normalized spacial score (nSPS) is 10.8. The molecule has 96 valence electrons. The number of fused-ring (bicyclic) bond motifs is 1. The lowest BCUT2D eigenvalue weighted by Gasteiger charge is -2.08. The van der Waals surface area contributed by atoms with Gasteiger partial charge in [-0.15, -0.1) is 16.4 Å². The summed E-state index contributed by atoms with van der Waals surface area (Å²) in [6.45, 7) is 2.89. The van der Waals surface area contributed by atoms with Gasteiger partial charge in [-0.2, -0.15) is 5.10 Å². The first-order valence-corrected chi connectivity index (χ1v) is 7.13. The second-order valence-corrected chi connectivity index (χ2v) is 5.15. The van der Waals surface area contributed by atoms with Crippen LogP contribution in [0, 0.1) is 0 Å². The molecule has 0 aliphatic heterocycles. The van der Waals surface area contributed by atoms with Gasteiger partial charge in [0.25, 0.3) is 0 Å². The summed E-state index contributed by atoms with van der Waals surface area (Å²) in [7, 11) is 0. The second-order valence-electron chi connectivity index (χ2n) is 4.17. The zero-order valence-electron chi connectivity index (χ0n) is 10.6. The Morgan fingerprint density at radius 3 is 2.74 bits per heavy atom. The quantitative estimate of drug-likeness (QED) is 0.791. The van der Waals surface area contributed by atoms with Gasteiger partial charge in [0.05, 0.1) is 10.7 Å². The van der Waals surface area contributed by atoms with Crippen molar-refractivity contribution in [2.45, 2.75) is 13.3 Å². The zero-order valence-corrected chi connectivity index (χ0v) is 11.4. The molecule has 0 saturated heterocycles. The SMILES string of the molecule is CCNc1nnc(Cc2nccs2)c2ccccc12. The number of anilines is 1. The Balaban J connectivity index is 2.08. The molecule has 0 unspecified atom stereocenters. The molecule has 0 radical (unpaired) electrons. The van der Waals surface area contributed by atoms with Crippen LogP contribution in [0.4, 0.5) is 5.82 Å². The highest BCUT2D eigenvalue weighted by molar-refractivity contribution is 7.09. The number of nitrogens with zero attached hydrogens (tertiary/aromatic N) is 3. The van der Waals surface area contributed by atoms with Crippen molar-refractivity contribution < 1.29 is 0 Å². The summed E-state index contributed by atoms with van der Waals surface area (Å²) in [4.78, 5) is 4.31. The van der Waals surface area contributed by atoms with Crippen molar-refractivity contribution in [1.29, 1.82) is 0 Å². The molecule has 0 bridgehead atoms. The van der Waals surface area contributed by atoms with E-state index in [0.29, 0.717) is 0 Å². The molecule has 0 amide bonds. The summed E-state index contributed by atoms with van der Waals surface area (Å²) in [5, 5.41) is 17.2. The van der Waals surface area contributed by atoms with Crippen molar-refractivity contribution in [3.8, 4) is 0 Å². The highest BCUT2D eigenvalue weighted by atomic mass is 32.1. The average Bonchev–Trinajstić information content (AvgIpc) is 2.95. The van der Waals surface area contributed by atoms with Gasteiger partial charge in [-0.1, -0.05) is 24.3 Å².